The van der Waals surface area contributed by atoms with Crippen molar-refractivity contribution < 1.29 is 9.32 Å². The van der Waals surface area contributed by atoms with Crippen LogP contribution in [0, 0.1) is 0 Å². The number of nitrogens with zero attached hydrogens (tertiary/aromatic N) is 1. The Morgan fingerprint density at radius 2 is 1.93 bits per heavy atom. The molecule has 0 aromatic carbocycles. The first-order valence-electron chi connectivity index (χ1n) is 5.50. The monoisotopic (exact) mass is 231 g/mol. The Balaban J connectivity index is 2.43. The second-order valence-corrected chi connectivity index (χ2v) is 7.22. The van der Waals surface area contributed by atoms with Crippen molar-refractivity contribution in [3.05, 3.63) is 0 Å². The van der Waals surface area contributed by atoms with Crippen LogP contribution >= 0.6 is 0 Å². The molecule has 1 atom stereocenters. The van der Waals surface area contributed by atoms with E-state index >= 15 is 0 Å². The summed E-state index contributed by atoms with van der Waals surface area (Å²) >= 11 is 0. The quantitative estimate of drug-likeness (QED) is 0.757. The number of aliphatic hydroxyl groups is 1. The molecule has 0 saturated heterocycles. The van der Waals surface area contributed by atoms with Gasteiger partial charge in [-0.3, -0.25) is 0 Å². The van der Waals surface area contributed by atoms with E-state index in [0.29, 0.717) is 6.42 Å². The van der Waals surface area contributed by atoms with Gasteiger partial charge < -0.3 is 5.11 Å². The van der Waals surface area contributed by atoms with Crippen LogP contribution in [0.5, 0.6) is 0 Å². The van der Waals surface area contributed by atoms with Crippen molar-refractivity contribution in [1.82, 2.24) is 0 Å². The van der Waals surface area contributed by atoms with Gasteiger partial charge in [-0.15, -0.1) is 0 Å². The van der Waals surface area contributed by atoms with Gasteiger partial charge in [0.25, 0.3) is 0 Å². The highest BCUT2D eigenvalue weighted by atomic mass is 32.2. The Bertz CT molecular complexity index is 262. The molecule has 1 aliphatic carbocycles. The number of hydrogen-bond acceptors (Lipinski definition) is 2. The molecule has 4 heteroatoms. The zero-order valence-electron chi connectivity index (χ0n) is 9.82. The van der Waals surface area contributed by atoms with Gasteiger partial charge in [0.1, 0.15) is 11.0 Å². The molecule has 0 aromatic heterocycles. The van der Waals surface area contributed by atoms with Crippen LogP contribution in [0.15, 0.2) is 4.40 Å². The highest BCUT2D eigenvalue weighted by Gasteiger charge is 2.30. The summed E-state index contributed by atoms with van der Waals surface area (Å²) in [5, 5.41) is 10.0. The van der Waals surface area contributed by atoms with Crippen molar-refractivity contribution in [2.24, 2.45) is 4.40 Å². The van der Waals surface area contributed by atoms with E-state index in [1.165, 1.54) is 0 Å². The maximum atomic E-state index is 11.6. The molecule has 1 saturated carbocycles. The van der Waals surface area contributed by atoms with Crippen LogP contribution in [0.3, 0.4) is 0 Å². The summed E-state index contributed by atoms with van der Waals surface area (Å²) in [6, 6.07) is 0. The van der Waals surface area contributed by atoms with Crippen LogP contribution in [0.25, 0.3) is 0 Å². The van der Waals surface area contributed by atoms with Crippen molar-refractivity contribution in [1.29, 1.82) is 0 Å². The van der Waals surface area contributed by atoms with E-state index in [9.17, 15) is 9.32 Å². The Morgan fingerprint density at radius 3 is 2.40 bits per heavy atom. The average molecular weight is 231 g/mol. The minimum Gasteiger partial charge on any atom is -0.390 e. The molecule has 0 bridgehead atoms. The summed E-state index contributed by atoms with van der Waals surface area (Å²) in [6.45, 7) is 5.68. The third kappa shape index (κ3) is 4.03. The lowest BCUT2D eigenvalue weighted by Crippen LogP contribution is -2.25. The molecule has 1 N–H and O–H groups in total. The lowest BCUT2D eigenvalue weighted by molar-refractivity contribution is 0.0566. The molecule has 1 rings (SSSR count). The Hall–Kier alpha value is -0.220. The number of rotatable bonds is 3. The molecular weight excluding hydrogens is 210 g/mol. The Morgan fingerprint density at radius 1 is 1.40 bits per heavy atom. The molecule has 0 amide bonds. The lowest BCUT2D eigenvalue weighted by Gasteiger charge is -2.19. The van der Waals surface area contributed by atoms with E-state index in [2.05, 4.69) is 4.40 Å². The summed E-state index contributed by atoms with van der Waals surface area (Å²) in [6.07, 6.45) is 6.04. The van der Waals surface area contributed by atoms with Crippen molar-refractivity contribution >= 4 is 17.2 Å². The Kier molecular flexibility index (Phi) is 4.06. The highest BCUT2D eigenvalue weighted by Crippen LogP contribution is 2.31. The predicted octanol–water partition coefficient (Wildman–Crippen LogP) is 2.21. The summed E-state index contributed by atoms with van der Waals surface area (Å²) in [4.78, 5) is 0. The summed E-state index contributed by atoms with van der Waals surface area (Å²) in [5.41, 5.74) is -0.578. The summed E-state index contributed by atoms with van der Waals surface area (Å²) in [5.74, 6) is 0. The summed E-state index contributed by atoms with van der Waals surface area (Å²) in [7, 11) is -1.20. The SMILES string of the molecule is CC(C)(C)[S@@](=O)/N=C/CC1(O)CCCC1. The second kappa shape index (κ2) is 4.74. The fourth-order valence-corrected chi connectivity index (χ4v) is 2.20. The maximum absolute atomic E-state index is 11.6. The van der Waals surface area contributed by atoms with Crippen LogP contribution in [0.2, 0.25) is 0 Å². The molecule has 3 nitrogen and oxygen atoms in total. The lowest BCUT2D eigenvalue weighted by atomic mass is 9.99. The summed E-state index contributed by atoms with van der Waals surface area (Å²) < 4.78 is 15.3. The fraction of sp³-hybridized carbons (Fsp3) is 0.909. The van der Waals surface area contributed by atoms with Crippen molar-refractivity contribution in [2.75, 3.05) is 0 Å². The second-order valence-electron chi connectivity index (χ2n) is 5.29. The minimum atomic E-state index is -1.20. The van der Waals surface area contributed by atoms with Crippen molar-refractivity contribution in [3.8, 4) is 0 Å². The first-order chi connectivity index (χ1) is 6.83. The zero-order valence-corrected chi connectivity index (χ0v) is 10.6. The average Bonchev–Trinajstić information content (AvgIpc) is 2.50. The van der Waals surface area contributed by atoms with Crippen molar-refractivity contribution in [2.45, 2.75) is 63.2 Å². The van der Waals surface area contributed by atoms with E-state index < -0.39 is 16.6 Å². The first-order valence-corrected chi connectivity index (χ1v) is 6.61. The van der Waals surface area contributed by atoms with Crippen LogP contribution in [0.1, 0.15) is 52.9 Å². The molecule has 0 spiro atoms. The minimum absolute atomic E-state index is 0.311. The first kappa shape index (κ1) is 12.8. The largest absolute Gasteiger partial charge is 0.390 e. The molecule has 0 radical (unpaired) electrons. The van der Waals surface area contributed by atoms with E-state index in [1.54, 1.807) is 6.21 Å². The van der Waals surface area contributed by atoms with Gasteiger partial charge in [-0.25, -0.2) is 4.21 Å². The third-order valence-corrected chi connectivity index (χ3v) is 4.09. The zero-order chi connectivity index (χ0) is 11.5. The van der Waals surface area contributed by atoms with Crippen LogP contribution < -0.4 is 0 Å². The van der Waals surface area contributed by atoms with Gasteiger partial charge in [0.05, 0.1) is 10.3 Å². The smallest absolute Gasteiger partial charge is 0.144 e. The standard InChI is InChI=1S/C11H21NO2S/c1-10(2,3)15(14)12-9-8-11(13)6-4-5-7-11/h9,13H,4-8H2,1-3H3/b12-9+/t15-/m1/s1. The maximum Gasteiger partial charge on any atom is 0.144 e. The molecule has 1 fully saturated rings. The topological polar surface area (TPSA) is 49.7 Å². The molecule has 0 aromatic rings. The van der Waals surface area contributed by atoms with Gasteiger partial charge in [0.2, 0.25) is 0 Å². The van der Waals surface area contributed by atoms with E-state index in [4.69, 9.17) is 0 Å². The van der Waals surface area contributed by atoms with Crippen LogP contribution in [0.4, 0.5) is 0 Å². The van der Waals surface area contributed by atoms with Crippen molar-refractivity contribution in [3.63, 3.8) is 0 Å². The number of hydrogen-bond donors (Lipinski definition) is 1. The van der Waals surface area contributed by atoms with Gasteiger partial charge in [-0.1, -0.05) is 12.8 Å². The van der Waals surface area contributed by atoms with Gasteiger partial charge in [-0.05, 0) is 33.6 Å². The van der Waals surface area contributed by atoms with Crippen LogP contribution in [-0.4, -0.2) is 25.9 Å². The molecule has 0 heterocycles. The molecular formula is C11H21NO2S. The predicted molar refractivity (Wildman–Crippen MR) is 64.4 cm³/mol. The molecule has 88 valence electrons. The van der Waals surface area contributed by atoms with Crippen LogP contribution in [-0.2, 0) is 11.0 Å². The molecule has 0 unspecified atom stereocenters. The van der Waals surface area contributed by atoms with E-state index in [1.807, 2.05) is 20.8 Å². The van der Waals surface area contributed by atoms with E-state index in [0.717, 1.165) is 25.7 Å². The fourth-order valence-electron chi connectivity index (χ4n) is 1.67. The normalized spacial score (nSPS) is 23.5. The molecule has 0 aliphatic heterocycles. The third-order valence-electron chi connectivity index (χ3n) is 2.70. The Labute approximate surface area is 94.6 Å². The van der Waals surface area contributed by atoms with Gasteiger partial charge in [0.15, 0.2) is 0 Å². The highest BCUT2D eigenvalue weighted by molar-refractivity contribution is 7.85. The van der Waals surface area contributed by atoms with Gasteiger partial charge in [-0.2, -0.15) is 4.40 Å². The van der Waals surface area contributed by atoms with Gasteiger partial charge in [0, 0.05) is 12.6 Å². The van der Waals surface area contributed by atoms with E-state index in [-0.39, 0.29) is 4.75 Å². The van der Waals surface area contributed by atoms with Gasteiger partial charge >= 0.3 is 0 Å². The molecule has 1 aliphatic rings. The molecule has 15 heavy (non-hydrogen) atoms.